The molecule has 0 N–H and O–H groups in total. The number of aldehydes is 1. The van der Waals surface area contributed by atoms with Crippen LogP contribution in [-0.2, 0) is 0 Å². The molecule has 0 radical (unpaired) electrons. The van der Waals surface area contributed by atoms with Gasteiger partial charge in [-0.1, -0.05) is 30.3 Å². The van der Waals surface area contributed by atoms with Crippen molar-refractivity contribution < 1.29 is 25.1 Å². The van der Waals surface area contributed by atoms with Gasteiger partial charge < -0.3 is 1.43 Å². The molecule has 1 aromatic carbocycles. The van der Waals surface area contributed by atoms with Gasteiger partial charge in [0.2, 0.25) is 0 Å². The second kappa shape index (κ2) is 4.37. The zero-order valence-electron chi connectivity index (χ0n) is 6.37. The topological polar surface area (TPSA) is 17.1 Å². The quantitative estimate of drug-likeness (QED) is 0.324. The van der Waals surface area contributed by atoms with E-state index in [1.54, 1.807) is 12.1 Å². The van der Waals surface area contributed by atoms with Crippen molar-refractivity contribution in [3.8, 4) is 0 Å². The molecule has 0 saturated heterocycles. The molecular formula is C7H7LiO. The molecule has 0 heterocycles. The maximum atomic E-state index is 10.0. The molecule has 0 aliphatic rings. The molecule has 0 bridgehead atoms. The molecule has 0 fully saturated rings. The Bertz CT molecular complexity index is 176. The third kappa shape index (κ3) is 2.50. The Morgan fingerprint density at radius 1 is 1.22 bits per heavy atom. The van der Waals surface area contributed by atoms with E-state index in [9.17, 15) is 4.79 Å². The van der Waals surface area contributed by atoms with E-state index in [-0.39, 0.29) is 20.3 Å². The summed E-state index contributed by atoms with van der Waals surface area (Å²) in [6.45, 7) is 0. The largest absolute Gasteiger partial charge is 1.00 e. The first-order valence-corrected chi connectivity index (χ1v) is 2.44. The summed E-state index contributed by atoms with van der Waals surface area (Å²) in [5, 5.41) is 0. The van der Waals surface area contributed by atoms with Crippen LogP contribution in [0.25, 0.3) is 0 Å². The molecule has 0 aliphatic heterocycles. The minimum atomic E-state index is 0. The van der Waals surface area contributed by atoms with Crippen molar-refractivity contribution in [3.05, 3.63) is 35.9 Å². The Kier molecular flexibility index (Phi) is 4.13. The fraction of sp³-hybridized carbons (Fsp3) is 0. The maximum absolute atomic E-state index is 10.0. The zero-order valence-corrected chi connectivity index (χ0v) is 5.37. The molecule has 0 atom stereocenters. The molecule has 1 aromatic rings. The standard InChI is InChI=1S/C7H6O.Li.H/c8-6-7-4-2-1-3-5-7;;/h1-6H;;/q;+1;-1. The second-order valence-corrected chi connectivity index (χ2v) is 1.53. The van der Waals surface area contributed by atoms with E-state index < -0.39 is 0 Å². The van der Waals surface area contributed by atoms with Gasteiger partial charge >= 0.3 is 18.9 Å². The third-order valence-corrected chi connectivity index (χ3v) is 0.936. The van der Waals surface area contributed by atoms with E-state index in [1.807, 2.05) is 18.2 Å². The van der Waals surface area contributed by atoms with Crippen LogP contribution in [0.2, 0.25) is 0 Å². The van der Waals surface area contributed by atoms with Gasteiger partial charge in [-0.2, -0.15) is 0 Å². The molecule has 0 saturated carbocycles. The van der Waals surface area contributed by atoms with Crippen LogP contribution in [0.1, 0.15) is 11.8 Å². The summed E-state index contributed by atoms with van der Waals surface area (Å²) in [4.78, 5) is 10.0. The Balaban J connectivity index is 0. The van der Waals surface area contributed by atoms with Crippen molar-refractivity contribution in [2.24, 2.45) is 0 Å². The zero-order chi connectivity index (χ0) is 5.82. The van der Waals surface area contributed by atoms with Crippen LogP contribution in [0.5, 0.6) is 0 Å². The van der Waals surface area contributed by atoms with Crippen molar-refractivity contribution in [1.29, 1.82) is 0 Å². The fourth-order valence-electron chi connectivity index (χ4n) is 0.532. The number of hydrogen-bond donors (Lipinski definition) is 0. The summed E-state index contributed by atoms with van der Waals surface area (Å²) in [6, 6.07) is 9.10. The summed E-state index contributed by atoms with van der Waals surface area (Å²) in [6.07, 6.45) is 0.833. The Hall–Kier alpha value is -0.513. The van der Waals surface area contributed by atoms with E-state index >= 15 is 0 Å². The second-order valence-electron chi connectivity index (χ2n) is 1.53. The molecule has 0 spiro atoms. The van der Waals surface area contributed by atoms with E-state index in [2.05, 4.69) is 0 Å². The summed E-state index contributed by atoms with van der Waals surface area (Å²) in [5.41, 5.74) is 0.729. The average Bonchev–Trinajstić information content (AvgIpc) is 1.90. The first-order valence-electron chi connectivity index (χ1n) is 2.44. The summed E-state index contributed by atoms with van der Waals surface area (Å²) >= 11 is 0. The molecule has 0 unspecified atom stereocenters. The number of carbonyl (C=O) groups excluding carboxylic acids is 1. The van der Waals surface area contributed by atoms with Gasteiger partial charge in [0.05, 0.1) is 0 Å². The van der Waals surface area contributed by atoms with E-state index in [1.165, 1.54) is 0 Å². The van der Waals surface area contributed by atoms with E-state index in [4.69, 9.17) is 0 Å². The van der Waals surface area contributed by atoms with Crippen LogP contribution < -0.4 is 18.9 Å². The average molecular weight is 114 g/mol. The van der Waals surface area contributed by atoms with Gasteiger partial charge in [-0.15, -0.1) is 0 Å². The summed E-state index contributed by atoms with van der Waals surface area (Å²) in [5.74, 6) is 0. The third-order valence-electron chi connectivity index (χ3n) is 0.936. The van der Waals surface area contributed by atoms with Crippen LogP contribution in [0.3, 0.4) is 0 Å². The van der Waals surface area contributed by atoms with Crippen molar-refractivity contribution >= 4 is 6.29 Å². The van der Waals surface area contributed by atoms with Crippen LogP contribution in [0.4, 0.5) is 0 Å². The SMILES string of the molecule is O=Cc1ccccc1.[H-].[Li+]. The number of hydrogen-bond acceptors (Lipinski definition) is 1. The van der Waals surface area contributed by atoms with Gasteiger partial charge in [0.1, 0.15) is 6.29 Å². The molecular weight excluding hydrogens is 107 g/mol. The van der Waals surface area contributed by atoms with Crippen LogP contribution in [0.15, 0.2) is 30.3 Å². The number of rotatable bonds is 1. The summed E-state index contributed by atoms with van der Waals surface area (Å²) in [7, 11) is 0. The fourth-order valence-corrected chi connectivity index (χ4v) is 0.532. The molecule has 0 amide bonds. The molecule has 1 rings (SSSR count). The van der Waals surface area contributed by atoms with Crippen LogP contribution in [0, 0.1) is 0 Å². The molecule has 0 aromatic heterocycles. The van der Waals surface area contributed by atoms with Crippen LogP contribution >= 0.6 is 0 Å². The first-order chi connectivity index (χ1) is 3.93. The Morgan fingerprint density at radius 3 is 2.11 bits per heavy atom. The van der Waals surface area contributed by atoms with Gasteiger partial charge in [-0.25, -0.2) is 0 Å². The first kappa shape index (κ1) is 8.49. The van der Waals surface area contributed by atoms with Crippen LogP contribution in [-0.4, -0.2) is 6.29 Å². The minimum Gasteiger partial charge on any atom is -1.00 e. The van der Waals surface area contributed by atoms with Crippen molar-refractivity contribution in [2.75, 3.05) is 0 Å². The van der Waals surface area contributed by atoms with Gasteiger partial charge in [-0.3, -0.25) is 4.79 Å². The molecule has 2 heteroatoms. The number of benzene rings is 1. The normalized spacial score (nSPS) is 7.56. The Labute approximate surface area is 67.7 Å². The van der Waals surface area contributed by atoms with Gasteiger partial charge in [0.15, 0.2) is 0 Å². The summed E-state index contributed by atoms with van der Waals surface area (Å²) < 4.78 is 0. The maximum Gasteiger partial charge on any atom is 1.00 e. The van der Waals surface area contributed by atoms with E-state index in [0.717, 1.165) is 11.8 Å². The van der Waals surface area contributed by atoms with Crippen molar-refractivity contribution in [3.63, 3.8) is 0 Å². The number of carbonyl (C=O) groups is 1. The molecule has 1 nitrogen and oxygen atoms in total. The Morgan fingerprint density at radius 2 is 1.78 bits per heavy atom. The smallest absolute Gasteiger partial charge is 1.00 e. The predicted molar refractivity (Wildman–Crippen MR) is 32.9 cm³/mol. The van der Waals surface area contributed by atoms with Gasteiger partial charge in [0.25, 0.3) is 0 Å². The monoisotopic (exact) mass is 114 g/mol. The van der Waals surface area contributed by atoms with Crippen molar-refractivity contribution in [1.82, 2.24) is 0 Å². The molecule has 0 aliphatic carbocycles. The van der Waals surface area contributed by atoms with Gasteiger partial charge in [-0.05, 0) is 0 Å². The molecule has 42 valence electrons. The van der Waals surface area contributed by atoms with E-state index in [0.29, 0.717) is 0 Å². The van der Waals surface area contributed by atoms with Gasteiger partial charge in [0, 0.05) is 5.56 Å². The minimum absolute atomic E-state index is 0. The predicted octanol–water partition coefficient (Wildman–Crippen LogP) is -1.38. The van der Waals surface area contributed by atoms with Crippen molar-refractivity contribution in [2.45, 2.75) is 0 Å². The molecule has 9 heavy (non-hydrogen) atoms.